The van der Waals surface area contributed by atoms with Gasteiger partial charge in [0, 0.05) is 11.1 Å². The third-order valence-electron chi connectivity index (χ3n) is 1.10. The van der Waals surface area contributed by atoms with Crippen molar-refractivity contribution in [2.24, 2.45) is 5.92 Å². The Morgan fingerprint density at radius 1 is 1.45 bits per heavy atom. The highest BCUT2D eigenvalue weighted by Crippen LogP contribution is 2.10. The van der Waals surface area contributed by atoms with Crippen LogP contribution in [0.2, 0.25) is 0 Å². The number of hydrogen-bond acceptors (Lipinski definition) is 2. The molecule has 1 aromatic rings. The van der Waals surface area contributed by atoms with E-state index in [4.69, 9.17) is 0 Å². The normalized spacial score (nSPS) is 9.18. The zero-order chi connectivity index (χ0) is 8.69. The molecule has 1 nitrogen and oxygen atoms in total. The minimum atomic E-state index is 0.755. The summed E-state index contributed by atoms with van der Waals surface area (Å²) in [6, 6.07) is 2.09. The molecule has 0 aliphatic heterocycles. The van der Waals surface area contributed by atoms with E-state index in [0.717, 1.165) is 5.92 Å². The summed E-state index contributed by atoms with van der Waals surface area (Å²) in [6.45, 7) is 8.44. The molecular weight excluding hydrogens is 154 g/mol. The van der Waals surface area contributed by atoms with Gasteiger partial charge in [-0.15, -0.1) is 0 Å². The summed E-state index contributed by atoms with van der Waals surface area (Å²) >= 11 is 1.60. The van der Waals surface area contributed by atoms with Gasteiger partial charge in [0.15, 0.2) is 0 Å². The lowest BCUT2D eigenvalue weighted by Gasteiger charge is -1.97. The Hall–Kier alpha value is -0.370. The molecule has 0 saturated heterocycles. The highest BCUT2D eigenvalue weighted by Gasteiger charge is 1.96. The maximum Gasteiger partial charge on any atom is 0.0409 e. The van der Waals surface area contributed by atoms with Crippen LogP contribution in [-0.2, 0) is 6.42 Å². The van der Waals surface area contributed by atoms with Crippen LogP contribution in [0.4, 0.5) is 0 Å². The second-order valence-corrected chi connectivity index (χ2v) is 3.49. The average Bonchev–Trinajstić information content (AvgIpc) is 2.43. The van der Waals surface area contributed by atoms with Crippen molar-refractivity contribution in [1.29, 1.82) is 0 Å². The molecule has 1 aromatic heterocycles. The van der Waals surface area contributed by atoms with Crippen molar-refractivity contribution in [2.45, 2.75) is 34.1 Å². The fourth-order valence-electron chi connectivity index (χ4n) is 0.750. The largest absolute Gasteiger partial charge is 0.201 e. The van der Waals surface area contributed by atoms with Crippen LogP contribution in [0, 0.1) is 5.92 Å². The van der Waals surface area contributed by atoms with Gasteiger partial charge in [-0.05, 0) is 29.9 Å². The van der Waals surface area contributed by atoms with E-state index in [0.29, 0.717) is 0 Å². The van der Waals surface area contributed by atoms with Crippen molar-refractivity contribution >= 4 is 11.5 Å². The Kier molecular flexibility index (Phi) is 6.13. The topological polar surface area (TPSA) is 12.9 Å². The minimum Gasteiger partial charge on any atom is -0.201 e. The lowest BCUT2D eigenvalue weighted by Crippen LogP contribution is -1.89. The van der Waals surface area contributed by atoms with E-state index in [1.165, 1.54) is 11.3 Å². The highest BCUT2D eigenvalue weighted by atomic mass is 32.1. The van der Waals surface area contributed by atoms with Crippen LogP contribution in [0.15, 0.2) is 12.3 Å². The van der Waals surface area contributed by atoms with Crippen LogP contribution < -0.4 is 0 Å². The van der Waals surface area contributed by atoms with Crippen LogP contribution in [-0.4, -0.2) is 4.37 Å². The summed E-state index contributed by atoms with van der Waals surface area (Å²) in [5.41, 5.74) is 0. The maximum absolute atomic E-state index is 4.02. The molecule has 1 rings (SSSR count). The van der Waals surface area contributed by atoms with Crippen molar-refractivity contribution in [1.82, 2.24) is 4.37 Å². The molecule has 0 fully saturated rings. The fourth-order valence-corrected chi connectivity index (χ4v) is 1.54. The standard InChI is InChI=1S/C7H11NS.C2H6/c1-6(2)5-7-3-4-8-9-7;1-2/h3-4,6H,5H2,1-2H3;1-2H3. The van der Waals surface area contributed by atoms with Crippen molar-refractivity contribution in [3.05, 3.63) is 17.1 Å². The number of aromatic nitrogens is 1. The monoisotopic (exact) mass is 171 g/mol. The molecule has 0 amide bonds. The number of nitrogens with zero attached hydrogens (tertiary/aromatic N) is 1. The van der Waals surface area contributed by atoms with Gasteiger partial charge in [-0.25, -0.2) is 4.37 Å². The third kappa shape index (κ3) is 4.96. The first-order valence-electron chi connectivity index (χ1n) is 4.18. The Morgan fingerprint density at radius 2 is 2.09 bits per heavy atom. The summed E-state index contributed by atoms with van der Waals surface area (Å²) in [6.07, 6.45) is 3.03. The van der Waals surface area contributed by atoms with E-state index in [-0.39, 0.29) is 0 Å². The molecule has 0 saturated carbocycles. The van der Waals surface area contributed by atoms with Crippen molar-refractivity contribution in [3.63, 3.8) is 0 Å². The first-order valence-corrected chi connectivity index (χ1v) is 4.96. The van der Waals surface area contributed by atoms with Gasteiger partial charge in [-0.2, -0.15) is 0 Å². The second kappa shape index (κ2) is 6.35. The molecule has 0 N–H and O–H groups in total. The molecule has 0 aromatic carbocycles. The first-order chi connectivity index (χ1) is 5.29. The number of hydrogen-bond donors (Lipinski definition) is 0. The SMILES string of the molecule is CC.CC(C)Cc1ccns1. The maximum atomic E-state index is 4.02. The molecule has 0 unspecified atom stereocenters. The van der Waals surface area contributed by atoms with Crippen LogP contribution in [0.5, 0.6) is 0 Å². The quantitative estimate of drug-likeness (QED) is 0.665. The predicted octanol–water partition coefficient (Wildman–Crippen LogP) is 3.37. The molecule has 11 heavy (non-hydrogen) atoms. The summed E-state index contributed by atoms with van der Waals surface area (Å²) in [4.78, 5) is 1.39. The summed E-state index contributed by atoms with van der Waals surface area (Å²) in [5.74, 6) is 0.755. The predicted molar refractivity (Wildman–Crippen MR) is 52.0 cm³/mol. The lowest BCUT2D eigenvalue weighted by atomic mass is 10.1. The van der Waals surface area contributed by atoms with Gasteiger partial charge in [0.1, 0.15) is 0 Å². The van der Waals surface area contributed by atoms with Crippen molar-refractivity contribution in [2.75, 3.05) is 0 Å². The molecule has 64 valence electrons. The minimum absolute atomic E-state index is 0.755. The molecule has 0 radical (unpaired) electrons. The molecule has 0 aliphatic carbocycles. The van der Waals surface area contributed by atoms with Gasteiger partial charge in [0.25, 0.3) is 0 Å². The van der Waals surface area contributed by atoms with Crippen LogP contribution in [0.25, 0.3) is 0 Å². The Labute approximate surface area is 73.6 Å². The van der Waals surface area contributed by atoms with Gasteiger partial charge >= 0.3 is 0 Å². The van der Waals surface area contributed by atoms with E-state index in [1.54, 1.807) is 11.5 Å². The molecule has 0 atom stereocenters. The van der Waals surface area contributed by atoms with Crippen molar-refractivity contribution < 1.29 is 0 Å². The van der Waals surface area contributed by atoms with E-state index >= 15 is 0 Å². The Bertz CT molecular complexity index is 156. The highest BCUT2D eigenvalue weighted by molar-refractivity contribution is 7.05. The van der Waals surface area contributed by atoms with Gasteiger partial charge in [0.2, 0.25) is 0 Å². The zero-order valence-corrected chi connectivity index (χ0v) is 8.61. The summed E-state index contributed by atoms with van der Waals surface area (Å²) in [7, 11) is 0. The molecule has 1 heterocycles. The molecule has 0 spiro atoms. The summed E-state index contributed by atoms with van der Waals surface area (Å²) in [5, 5.41) is 0. The average molecular weight is 171 g/mol. The molecule has 0 bridgehead atoms. The smallest absolute Gasteiger partial charge is 0.0409 e. The zero-order valence-electron chi connectivity index (χ0n) is 7.79. The fraction of sp³-hybridized carbons (Fsp3) is 0.667. The molecule has 2 heteroatoms. The summed E-state index contributed by atoms with van der Waals surface area (Å²) < 4.78 is 4.02. The molecule has 0 aliphatic rings. The van der Waals surface area contributed by atoms with Gasteiger partial charge < -0.3 is 0 Å². The lowest BCUT2D eigenvalue weighted by molar-refractivity contribution is 0.654. The second-order valence-electron chi connectivity index (χ2n) is 2.58. The van der Waals surface area contributed by atoms with Gasteiger partial charge in [-0.1, -0.05) is 27.7 Å². The Balaban J connectivity index is 0.000000461. The van der Waals surface area contributed by atoms with E-state index in [9.17, 15) is 0 Å². The van der Waals surface area contributed by atoms with Crippen LogP contribution in [0.3, 0.4) is 0 Å². The Morgan fingerprint density at radius 3 is 2.45 bits per heavy atom. The van der Waals surface area contributed by atoms with Crippen LogP contribution >= 0.6 is 11.5 Å². The van der Waals surface area contributed by atoms with E-state index < -0.39 is 0 Å². The van der Waals surface area contributed by atoms with E-state index in [1.807, 2.05) is 20.0 Å². The van der Waals surface area contributed by atoms with E-state index in [2.05, 4.69) is 24.3 Å². The van der Waals surface area contributed by atoms with Gasteiger partial charge in [-0.3, -0.25) is 0 Å². The molecular formula is C9H17NS. The van der Waals surface area contributed by atoms with Crippen molar-refractivity contribution in [3.8, 4) is 0 Å². The first kappa shape index (κ1) is 10.6. The van der Waals surface area contributed by atoms with Gasteiger partial charge in [0.05, 0.1) is 0 Å². The van der Waals surface area contributed by atoms with Crippen LogP contribution in [0.1, 0.15) is 32.6 Å². The third-order valence-corrected chi connectivity index (χ3v) is 1.87. The number of rotatable bonds is 2.